The van der Waals surface area contributed by atoms with Crippen LogP contribution < -0.4 is 5.69 Å². The number of nitrogens with zero attached hydrogens (tertiary/aromatic N) is 2. The van der Waals surface area contributed by atoms with Crippen molar-refractivity contribution >= 4 is 10.9 Å². The van der Waals surface area contributed by atoms with Gasteiger partial charge in [-0.1, -0.05) is 30.3 Å². The Bertz CT molecular complexity index is 1050. The first kappa shape index (κ1) is 13.5. The predicted molar refractivity (Wildman–Crippen MR) is 90.1 cm³/mol. The van der Waals surface area contributed by atoms with Crippen LogP contribution in [0.25, 0.3) is 33.4 Å². The number of H-pyrrole nitrogens is 2. The van der Waals surface area contributed by atoms with E-state index in [9.17, 15) is 4.79 Å². The fourth-order valence-electron chi connectivity index (χ4n) is 2.78. The minimum atomic E-state index is -0.343. The van der Waals surface area contributed by atoms with Gasteiger partial charge in [0.15, 0.2) is 0 Å². The summed E-state index contributed by atoms with van der Waals surface area (Å²) >= 11 is 0. The van der Waals surface area contributed by atoms with Crippen LogP contribution in [0.1, 0.15) is 5.56 Å². The quantitative estimate of drug-likeness (QED) is 0.596. The van der Waals surface area contributed by atoms with Gasteiger partial charge in [-0.2, -0.15) is 10.1 Å². The maximum atomic E-state index is 11.9. The number of aryl methyl sites for hydroxylation is 1. The van der Waals surface area contributed by atoms with Gasteiger partial charge < -0.3 is 4.98 Å². The van der Waals surface area contributed by atoms with E-state index in [0.717, 1.165) is 33.3 Å². The van der Waals surface area contributed by atoms with Crippen LogP contribution in [-0.2, 0) is 0 Å². The minimum Gasteiger partial charge on any atom is -0.305 e. The van der Waals surface area contributed by atoms with Gasteiger partial charge >= 0.3 is 5.69 Å². The Morgan fingerprint density at radius 2 is 1.91 bits per heavy atom. The zero-order chi connectivity index (χ0) is 15.8. The smallest absolute Gasteiger partial charge is 0.305 e. The van der Waals surface area contributed by atoms with E-state index < -0.39 is 0 Å². The molecule has 0 saturated heterocycles. The van der Waals surface area contributed by atoms with Gasteiger partial charge in [-0.25, -0.2) is 4.79 Å². The van der Waals surface area contributed by atoms with Crippen molar-refractivity contribution in [3.05, 3.63) is 70.8 Å². The summed E-state index contributed by atoms with van der Waals surface area (Å²) in [5.41, 5.74) is 5.09. The van der Waals surface area contributed by atoms with Crippen molar-refractivity contribution in [2.45, 2.75) is 6.92 Å². The Morgan fingerprint density at radius 3 is 2.70 bits per heavy atom. The number of aromatic nitrogens is 4. The van der Waals surface area contributed by atoms with E-state index in [2.05, 4.69) is 20.2 Å². The number of fused-ring (bicyclic) bond motifs is 1. The lowest BCUT2D eigenvalue weighted by atomic mass is 10.00. The van der Waals surface area contributed by atoms with Crippen LogP contribution in [0, 0.1) is 6.92 Å². The molecule has 5 heteroatoms. The molecule has 2 heterocycles. The number of benzene rings is 2. The molecule has 4 rings (SSSR count). The van der Waals surface area contributed by atoms with Crippen LogP contribution in [0.15, 0.2) is 59.5 Å². The van der Waals surface area contributed by atoms with E-state index in [-0.39, 0.29) is 5.69 Å². The highest BCUT2D eigenvalue weighted by Crippen LogP contribution is 2.29. The molecule has 0 radical (unpaired) electrons. The molecule has 112 valence electrons. The van der Waals surface area contributed by atoms with E-state index in [1.165, 1.54) is 0 Å². The van der Waals surface area contributed by atoms with Crippen LogP contribution in [0.2, 0.25) is 0 Å². The third kappa shape index (κ3) is 2.32. The highest BCUT2D eigenvalue weighted by Gasteiger charge is 2.11. The summed E-state index contributed by atoms with van der Waals surface area (Å²) in [5.74, 6) is 0. The lowest BCUT2D eigenvalue weighted by Gasteiger charge is -2.09. The predicted octanol–water partition coefficient (Wildman–Crippen LogP) is 3.29. The van der Waals surface area contributed by atoms with Gasteiger partial charge in [-0.3, -0.25) is 5.10 Å². The largest absolute Gasteiger partial charge is 0.345 e. The SMILES string of the molecule is Cc1ccccc1-c1nc(=O)[nH]c2ccc(-c3ccn[nH]3)cc12. The number of hydrogen-bond acceptors (Lipinski definition) is 3. The van der Waals surface area contributed by atoms with Gasteiger partial charge in [0.25, 0.3) is 0 Å². The molecular weight excluding hydrogens is 288 g/mol. The van der Waals surface area contributed by atoms with Crippen LogP contribution >= 0.6 is 0 Å². The fraction of sp³-hybridized carbons (Fsp3) is 0.0556. The standard InChI is InChI=1S/C18H14N4O/c1-11-4-2-3-5-13(11)17-14-10-12(15-8-9-19-22-15)6-7-16(14)20-18(23)21-17/h2-10H,1H3,(H,19,22)(H,20,21,23). The highest BCUT2D eigenvalue weighted by molar-refractivity contribution is 5.95. The van der Waals surface area contributed by atoms with Crippen molar-refractivity contribution < 1.29 is 0 Å². The Kier molecular flexibility index (Phi) is 3.05. The molecule has 2 aromatic carbocycles. The molecule has 23 heavy (non-hydrogen) atoms. The molecule has 4 aromatic rings. The number of aromatic amines is 2. The molecule has 0 spiro atoms. The first-order chi connectivity index (χ1) is 11.2. The average molecular weight is 302 g/mol. The van der Waals surface area contributed by atoms with Crippen molar-refractivity contribution in [2.75, 3.05) is 0 Å². The first-order valence-corrected chi connectivity index (χ1v) is 7.32. The Hall–Kier alpha value is -3.21. The average Bonchev–Trinajstić information content (AvgIpc) is 3.09. The van der Waals surface area contributed by atoms with Crippen molar-refractivity contribution in [3.8, 4) is 22.5 Å². The molecule has 0 bridgehead atoms. The second-order valence-corrected chi connectivity index (χ2v) is 5.44. The lowest BCUT2D eigenvalue weighted by molar-refractivity contribution is 1.09. The normalized spacial score (nSPS) is 11.0. The van der Waals surface area contributed by atoms with Gasteiger partial charge in [0.2, 0.25) is 0 Å². The number of rotatable bonds is 2. The second-order valence-electron chi connectivity index (χ2n) is 5.44. The van der Waals surface area contributed by atoms with Crippen molar-refractivity contribution in [2.24, 2.45) is 0 Å². The zero-order valence-electron chi connectivity index (χ0n) is 12.5. The second kappa shape index (κ2) is 5.21. The third-order valence-electron chi connectivity index (χ3n) is 3.94. The number of hydrogen-bond donors (Lipinski definition) is 2. The Balaban J connectivity index is 2.04. The summed E-state index contributed by atoms with van der Waals surface area (Å²) in [6.45, 7) is 2.02. The van der Waals surface area contributed by atoms with Gasteiger partial charge in [0.05, 0.1) is 16.9 Å². The summed E-state index contributed by atoms with van der Waals surface area (Å²) in [7, 11) is 0. The van der Waals surface area contributed by atoms with E-state index in [1.54, 1.807) is 6.20 Å². The van der Waals surface area contributed by atoms with Crippen LogP contribution in [0.3, 0.4) is 0 Å². The van der Waals surface area contributed by atoms with Crippen LogP contribution in [0.4, 0.5) is 0 Å². The van der Waals surface area contributed by atoms with E-state index >= 15 is 0 Å². The lowest BCUT2D eigenvalue weighted by Crippen LogP contribution is -2.11. The molecular formula is C18H14N4O. The van der Waals surface area contributed by atoms with E-state index in [4.69, 9.17) is 0 Å². The van der Waals surface area contributed by atoms with Crippen molar-refractivity contribution in [3.63, 3.8) is 0 Å². The van der Waals surface area contributed by atoms with Crippen molar-refractivity contribution in [1.29, 1.82) is 0 Å². The minimum absolute atomic E-state index is 0.343. The summed E-state index contributed by atoms with van der Waals surface area (Å²) in [4.78, 5) is 18.9. The molecule has 2 N–H and O–H groups in total. The molecule has 0 aliphatic rings. The third-order valence-corrected chi connectivity index (χ3v) is 3.94. The van der Waals surface area contributed by atoms with Crippen molar-refractivity contribution in [1.82, 2.24) is 20.2 Å². The van der Waals surface area contributed by atoms with Gasteiger partial charge in [0.1, 0.15) is 0 Å². The monoisotopic (exact) mass is 302 g/mol. The van der Waals surface area contributed by atoms with Gasteiger partial charge in [0, 0.05) is 22.7 Å². The molecule has 5 nitrogen and oxygen atoms in total. The molecule has 0 aliphatic heterocycles. The summed E-state index contributed by atoms with van der Waals surface area (Å²) in [5, 5.41) is 7.86. The molecule has 0 saturated carbocycles. The van der Waals surface area contributed by atoms with Crippen LogP contribution in [-0.4, -0.2) is 20.2 Å². The topological polar surface area (TPSA) is 74.4 Å². The molecule has 0 atom stereocenters. The van der Waals surface area contributed by atoms with E-state index in [0.29, 0.717) is 5.69 Å². The highest BCUT2D eigenvalue weighted by atomic mass is 16.1. The Labute approximate surface area is 132 Å². The fourth-order valence-corrected chi connectivity index (χ4v) is 2.78. The van der Waals surface area contributed by atoms with E-state index in [1.807, 2.05) is 55.5 Å². The summed E-state index contributed by atoms with van der Waals surface area (Å²) < 4.78 is 0. The first-order valence-electron chi connectivity index (χ1n) is 7.32. The molecule has 2 aromatic heterocycles. The van der Waals surface area contributed by atoms with Gasteiger partial charge in [-0.05, 0) is 30.7 Å². The summed E-state index contributed by atoms with van der Waals surface area (Å²) in [6, 6.07) is 15.7. The molecule has 0 unspecified atom stereocenters. The number of nitrogens with one attached hydrogen (secondary N) is 2. The Morgan fingerprint density at radius 1 is 1.04 bits per heavy atom. The molecule has 0 amide bonds. The maximum Gasteiger partial charge on any atom is 0.345 e. The zero-order valence-corrected chi connectivity index (χ0v) is 12.5. The molecule has 0 fully saturated rings. The van der Waals surface area contributed by atoms with Crippen LogP contribution in [0.5, 0.6) is 0 Å². The summed E-state index contributed by atoms with van der Waals surface area (Å²) in [6.07, 6.45) is 1.72. The van der Waals surface area contributed by atoms with Gasteiger partial charge in [-0.15, -0.1) is 0 Å². The maximum absolute atomic E-state index is 11.9. The molecule has 0 aliphatic carbocycles.